The normalized spacial score (nSPS) is 10.5. The van der Waals surface area contributed by atoms with Crippen LogP contribution in [0, 0.1) is 6.92 Å². The molecule has 19 heavy (non-hydrogen) atoms. The quantitative estimate of drug-likeness (QED) is 0.496. The summed E-state index contributed by atoms with van der Waals surface area (Å²) in [5.41, 5.74) is 3.77. The van der Waals surface area contributed by atoms with E-state index in [1.165, 1.54) is 5.56 Å². The minimum absolute atomic E-state index is 0.358. The molecule has 2 aromatic rings. The van der Waals surface area contributed by atoms with Crippen molar-refractivity contribution in [2.24, 2.45) is 5.84 Å². The van der Waals surface area contributed by atoms with Crippen LogP contribution in [-0.4, -0.2) is 17.1 Å². The van der Waals surface area contributed by atoms with E-state index < -0.39 is 0 Å². The van der Waals surface area contributed by atoms with Gasteiger partial charge in [-0.25, -0.2) is 15.8 Å². The van der Waals surface area contributed by atoms with E-state index >= 15 is 0 Å². The largest absolute Gasteiger partial charge is 0.377 e. The van der Waals surface area contributed by atoms with Gasteiger partial charge in [-0.05, 0) is 19.1 Å². The third-order valence-electron chi connectivity index (χ3n) is 2.41. The van der Waals surface area contributed by atoms with Gasteiger partial charge in [0, 0.05) is 18.1 Å². The molecule has 100 valence electrons. The summed E-state index contributed by atoms with van der Waals surface area (Å²) < 4.78 is 5.05. The maximum absolute atomic E-state index is 5.41. The van der Waals surface area contributed by atoms with Gasteiger partial charge in [-0.15, -0.1) is 0 Å². The standard InChI is InChI=1S/C13H16N4OS/c1-9-3-5-10(6-4-9)19-13-7-11(17-14)15-12(16-13)8-18-2/h3-7H,8,14H2,1-2H3,(H,15,16,17). The maximum atomic E-state index is 5.41. The van der Waals surface area contributed by atoms with E-state index in [-0.39, 0.29) is 0 Å². The molecule has 0 unspecified atom stereocenters. The van der Waals surface area contributed by atoms with Gasteiger partial charge in [-0.3, -0.25) is 0 Å². The molecular weight excluding hydrogens is 260 g/mol. The van der Waals surface area contributed by atoms with Crippen LogP contribution in [0.2, 0.25) is 0 Å². The highest BCUT2D eigenvalue weighted by atomic mass is 32.2. The highest BCUT2D eigenvalue weighted by Crippen LogP contribution is 2.27. The Labute approximate surface area is 116 Å². The molecule has 5 nitrogen and oxygen atoms in total. The van der Waals surface area contributed by atoms with Crippen LogP contribution in [0.5, 0.6) is 0 Å². The zero-order valence-electron chi connectivity index (χ0n) is 10.9. The molecule has 0 aliphatic carbocycles. The molecule has 0 amide bonds. The molecule has 3 N–H and O–H groups in total. The smallest absolute Gasteiger partial charge is 0.157 e. The number of nitrogens with two attached hydrogens (primary N) is 1. The van der Waals surface area contributed by atoms with E-state index in [0.717, 1.165) is 9.92 Å². The minimum Gasteiger partial charge on any atom is -0.377 e. The first-order chi connectivity index (χ1) is 9.21. The van der Waals surface area contributed by atoms with Crippen LogP contribution in [0.1, 0.15) is 11.4 Å². The summed E-state index contributed by atoms with van der Waals surface area (Å²) in [5, 5.41) is 0.832. The summed E-state index contributed by atoms with van der Waals surface area (Å²) in [5.74, 6) is 6.59. The number of ether oxygens (including phenoxy) is 1. The van der Waals surface area contributed by atoms with Crippen LogP contribution in [0.15, 0.2) is 40.3 Å². The Hall–Kier alpha value is -1.63. The van der Waals surface area contributed by atoms with Crippen molar-refractivity contribution in [3.05, 3.63) is 41.7 Å². The summed E-state index contributed by atoms with van der Waals surface area (Å²) >= 11 is 1.56. The van der Waals surface area contributed by atoms with E-state index in [1.54, 1.807) is 18.9 Å². The van der Waals surface area contributed by atoms with Gasteiger partial charge < -0.3 is 10.2 Å². The van der Waals surface area contributed by atoms with Crippen molar-refractivity contribution in [1.29, 1.82) is 0 Å². The summed E-state index contributed by atoms with van der Waals surface area (Å²) in [6, 6.07) is 10.1. The number of hydrogen-bond donors (Lipinski definition) is 2. The number of nitrogens with zero attached hydrogens (tertiary/aromatic N) is 2. The van der Waals surface area contributed by atoms with Crippen molar-refractivity contribution in [3.63, 3.8) is 0 Å². The van der Waals surface area contributed by atoms with E-state index in [2.05, 4.69) is 46.6 Å². The summed E-state index contributed by atoms with van der Waals surface area (Å²) in [4.78, 5) is 9.75. The first-order valence-corrected chi connectivity index (χ1v) is 6.61. The fraction of sp³-hybridized carbons (Fsp3) is 0.231. The van der Waals surface area contributed by atoms with Gasteiger partial charge >= 0.3 is 0 Å². The van der Waals surface area contributed by atoms with Gasteiger partial charge in [0.2, 0.25) is 0 Å². The van der Waals surface area contributed by atoms with E-state index in [1.807, 2.05) is 6.07 Å². The van der Waals surface area contributed by atoms with Crippen LogP contribution in [0.4, 0.5) is 5.82 Å². The lowest BCUT2D eigenvalue weighted by molar-refractivity contribution is 0.177. The molecule has 0 aliphatic heterocycles. The number of aromatic nitrogens is 2. The predicted octanol–water partition coefficient (Wildman–Crippen LogP) is 2.37. The number of nitrogen functional groups attached to an aromatic ring is 1. The highest BCUT2D eigenvalue weighted by Gasteiger charge is 2.05. The van der Waals surface area contributed by atoms with Crippen molar-refractivity contribution >= 4 is 17.6 Å². The zero-order valence-corrected chi connectivity index (χ0v) is 11.7. The Bertz CT molecular complexity index is 545. The number of anilines is 1. The number of hydrazine groups is 1. The lowest BCUT2D eigenvalue weighted by atomic mass is 10.2. The van der Waals surface area contributed by atoms with Gasteiger partial charge in [0.25, 0.3) is 0 Å². The van der Waals surface area contributed by atoms with Crippen molar-refractivity contribution < 1.29 is 4.74 Å². The van der Waals surface area contributed by atoms with Crippen molar-refractivity contribution in [2.45, 2.75) is 23.5 Å². The molecule has 1 heterocycles. The third-order valence-corrected chi connectivity index (χ3v) is 3.34. The molecule has 0 bridgehead atoms. The molecule has 0 aliphatic rings. The molecule has 0 saturated heterocycles. The Kier molecular flexibility index (Phi) is 4.73. The molecule has 0 fully saturated rings. The lowest BCUT2D eigenvalue weighted by Gasteiger charge is -2.07. The van der Waals surface area contributed by atoms with Crippen LogP contribution < -0.4 is 11.3 Å². The van der Waals surface area contributed by atoms with Crippen LogP contribution in [-0.2, 0) is 11.3 Å². The average molecular weight is 276 g/mol. The van der Waals surface area contributed by atoms with Gasteiger partial charge in [-0.1, -0.05) is 29.5 Å². The zero-order chi connectivity index (χ0) is 13.7. The second-order valence-electron chi connectivity index (χ2n) is 4.00. The fourth-order valence-electron chi connectivity index (χ4n) is 1.52. The number of benzene rings is 1. The van der Waals surface area contributed by atoms with Crippen LogP contribution in [0.25, 0.3) is 0 Å². The van der Waals surface area contributed by atoms with Crippen LogP contribution in [0.3, 0.4) is 0 Å². The number of aryl methyl sites for hydroxylation is 1. The minimum atomic E-state index is 0.358. The van der Waals surface area contributed by atoms with Crippen molar-refractivity contribution in [2.75, 3.05) is 12.5 Å². The molecule has 1 aromatic carbocycles. The van der Waals surface area contributed by atoms with Crippen molar-refractivity contribution in [3.8, 4) is 0 Å². The molecule has 0 saturated carbocycles. The predicted molar refractivity (Wildman–Crippen MR) is 75.9 cm³/mol. The van der Waals surface area contributed by atoms with E-state index in [4.69, 9.17) is 10.6 Å². The first-order valence-electron chi connectivity index (χ1n) is 5.79. The number of hydrogen-bond acceptors (Lipinski definition) is 6. The molecule has 6 heteroatoms. The topological polar surface area (TPSA) is 73.1 Å². The first kappa shape index (κ1) is 13.8. The summed E-state index contributed by atoms with van der Waals surface area (Å²) in [7, 11) is 1.61. The second-order valence-corrected chi connectivity index (χ2v) is 5.09. The molecule has 0 spiro atoms. The van der Waals surface area contributed by atoms with Crippen molar-refractivity contribution in [1.82, 2.24) is 9.97 Å². The highest BCUT2D eigenvalue weighted by molar-refractivity contribution is 7.99. The van der Waals surface area contributed by atoms with Gasteiger partial charge in [0.15, 0.2) is 5.82 Å². The molecular formula is C13H16N4OS. The van der Waals surface area contributed by atoms with E-state index in [0.29, 0.717) is 18.2 Å². The monoisotopic (exact) mass is 276 g/mol. The lowest BCUT2D eigenvalue weighted by Crippen LogP contribution is -2.11. The molecule has 0 atom stereocenters. The number of rotatable bonds is 5. The Morgan fingerprint density at radius 2 is 2.00 bits per heavy atom. The third kappa shape index (κ3) is 3.92. The molecule has 2 rings (SSSR count). The SMILES string of the molecule is COCc1nc(NN)cc(Sc2ccc(C)cc2)n1. The molecule has 1 aromatic heterocycles. The van der Waals surface area contributed by atoms with E-state index in [9.17, 15) is 0 Å². The average Bonchev–Trinajstić information content (AvgIpc) is 2.41. The number of methoxy groups -OCH3 is 1. The summed E-state index contributed by atoms with van der Waals surface area (Å²) in [6.07, 6.45) is 0. The maximum Gasteiger partial charge on any atom is 0.157 e. The summed E-state index contributed by atoms with van der Waals surface area (Å²) in [6.45, 7) is 2.42. The van der Waals surface area contributed by atoms with Gasteiger partial charge in [0.1, 0.15) is 17.5 Å². The van der Waals surface area contributed by atoms with Gasteiger partial charge in [-0.2, -0.15) is 0 Å². The Balaban J connectivity index is 2.23. The molecule has 0 radical (unpaired) electrons. The number of nitrogens with one attached hydrogen (secondary N) is 1. The Morgan fingerprint density at radius 1 is 1.26 bits per heavy atom. The fourth-order valence-corrected chi connectivity index (χ4v) is 2.35. The van der Waals surface area contributed by atoms with Crippen LogP contribution >= 0.6 is 11.8 Å². The van der Waals surface area contributed by atoms with Gasteiger partial charge in [0.05, 0.1) is 0 Å². The Morgan fingerprint density at radius 3 is 2.63 bits per heavy atom. The second kappa shape index (κ2) is 6.51.